The van der Waals surface area contributed by atoms with Crippen molar-refractivity contribution >= 4 is 55.1 Å². The van der Waals surface area contributed by atoms with Crippen molar-refractivity contribution in [1.82, 2.24) is 15.2 Å². The maximum Gasteiger partial charge on any atom is 0.161 e. The fraction of sp³-hybridized carbons (Fsp3) is 0.0870. The molecule has 4 aromatic rings. The molecular formula is C23H14Br2Cl2FN3O. The smallest absolute Gasteiger partial charge is 0.161 e. The van der Waals surface area contributed by atoms with Crippen molar-refractivity contribution in [1.29, 1.82) is 0 Å². The first-order valence-corrected chi connectivity index (χ1v) is 11.9. The van der Waals surface area contributed by atoms with E-state index in [1.165, 1.54) is 19.4 Å². The SMILES string of the molecule is COc1cnc(-c2c(Cl)nnc(-c3ccccc3F)c2-c2ccc(C(Br)Br)cc2)c(Cl)c1. The Bertz CT molecular complexity index is 1290. The predicted molar refractivity (Wildman–Crippen MR) is 133 cm³/mol. The molecule has 2 aromatic heterocycles. The van der Waals surface area contributed by atoms with Gasteiger partial charge >= 0.3 is 0 Å². The van der Waals surface area contributed by atoms with Crippen molar-refractivity contribution in [3.05, 3.63) is 82.4 Å². The minimum atomic E-state index is -0.428. The van der Waals surface area contributed by atoms with Gasteiger partial charge in [0.2, 0.25) is 0 Å². The van der Waals surface area contributed by atoms with Crippen LogP contribution in [0, 0.1) is 5.82 Å². The molecule has 0 N–H and O–H groups in total. The zero-order valence-corrected chi connectivity index (χ0v) is 21.2. The molecule has 0 saturated heterocycles. The van der Waals surface area contributed by atoms with Crippen LogP contribution in [0.25, 0.3) is 33.6 Å². The van der Waals surface area contributed by atoms with Gasteiger partial charge in [0.15, 0.2) is 5.15 Å². The molecule has 0 fully saturated rings. The molecule has 0 saturated carbocycles. The van der Waals surface area contributed by atoms with Crippen molar-refractivity contribution in [2.24, 2.45) is 0 Å². The molecule has 0 radical (unpaired) electrons. The monoisotopic (exact) mass is 595 g/mol. The van der Waals surface area contributed by atoms with Crippen LogP contribution in [0.15, 0.2) is 60.8 Å². The Morgan fingerprint density at radius 3 is 2.28 bits per heavy atom. The second kappa shape index (κ2) is 9.83. The molecule has 2 aromatic carbocycles. The number of benzene rings is 2. The number of rotatable bonds is 5. The molecule has 0 spiro atoms. The lowest BCUT2D eigenvalue weighted by Gasteiger charge is -2.17. The van der Waals surface area contributed by atoms with Crippen molar-refractivity contribution in [3.8, 4) is 39.4 Å². The Balaban J connectivity index is 2.05. The molecule has 0 amide bonds. The van der Waals surface area contributed by atoms with Gasteiger partial charge in [-0.25, -0.2) is 4.39 Å². The highest BCUT2D eigenvalue weighted by Crippen LogP contribution is 2.44. The molecule has 4 rings (SSSR count). The summed E-state index contributed by atoms with van der Waals surface area (Å²) in [6, 6.07) is 15.7. The van der Waals surface area contributed by atoms with Gasteiger partial charge in [0, 0.05) is 17.2 Å². The van der Waals surface area contributed by atoms with Gasteiger partial charge in [0.25, 0.3) is 0 Å². The van der Waals surface area contributed by atoms with Crippen molar-refractivity contribution < 1.29 is 9.13 Å². The van der Waals surface area contributed by atoms with Crippen molar-refractivity contribution in [3.63, 3.8) is 0 Å². The highest BCUT2D eigenvalue weighted by molar-refractivity contribution is 9.24. The van der Waals surface area contributed by atoms with E-state index >= 15 is 0 Å². The van der Waals surface area contributed by atoms with Crippen LogP contribution in [0.5, 0.6) is 5.75 Å². The number of alkyl halides is 2. The van der Waals surface area contributed by atoms with Gasteiger partial charge < -0.3 is 4.74 Å². The average molecular weight is 598 g/mol. The Labute approximate surface area is 211 Å². The molecule has 0 atom stereocenters. The lowest BCUT2D eigenvalue weighted by Crippen LogP contribution is -2.01. The predicted octanol–water partition coefficient (Wildman–Crippen LogP) is 8.12. The summed E-state index contributed by atoms with van der Waals surface area (Å²) < 4.78 is 20.0. The average Bonchev–Trinajstić information content (AvgIpc) is 2.79. The van der Waals surface area contributed by atoms with E-state index in [1.807, 2.05) is 24.3 Å². The maximum atomic E-state index is 14.8. The number of nitrogens with zero attached hydrogens (tertiary/aromatic N) is 3. The fourth-order valence-corrected chi connectivity index (χ4v) is 4.35. The Hall–Kier alpha value is -2.06. The number of aromatic nitrogens is 3. The second-order valence-corrected chi connectivity index (χ2v) is 10.5. The maximum absolute atomic E-state index is 14.8. The molecule has 0 aliphatic rings. The summed E-state index contributed by atoms with van der Waals surface area (Å²) in [7, 11) is 1.53. The summed E-state index contributed by atoms with van der Waals surface area (Å²) in [6.07, 6.45) is 1.54. The molecule has 32 heavy (non-hydrogen) atoms. The van der Waals surface area contributed by atoms with E-state index in [1.54, 1.807) is 24.3 Å². The van der Waals surface area contributed by atoms with Crippen LogP contribution in [0.1, 0.15) is 9.30 Å². The van der Waals surface area contributed by atoms with E-state index in [2.05, 4.69) is 47.0 Å². The van der Waals surface area contributed by atoms with Crippen molar-refractivity contribution in [2.45, 2.75) is 3.74 Å². The molecule has 0 unspecified atom stereocenters. The molecule has 9 heteroatoms. The Morgan fingerprint density at radius 1 is 0.938 bits per heavy atom. The summed E-state index contributed by atoms with van der Waals surface area (Å²) in [5, 5.41) is 8.77. The summed E-state index contributed by atoms with van der Waals surface area (Å²) >= 11 is 20.1. The van der Waals surface area contributed by atoms with Crippen LogP contribution in [-0.2, 0) is 0 Å². The molecule has 0 aliphatic heterocycles. The summed E-state index contributed by atoms with van der Waals surface area (Å²) in [5.41, 5.74) is 3.81. The summed E-state index contributed by atoms with van der Waals surface area (Å²) in [5.74, 6) is 0.0699. The zero-order valence-electron chi connectivity index (χ0n) is 16.5. The van der Waals surface area contributed by atoms with Gasteiger partial charge in [-0.1, -0.05) is 91.5 Å². The first-order valence-electron chi connectivity index (χ1n) is 9.30. The summed E-state index contributed by atoms with van der Waals surface area (Å²) in [6.45, 7) is 0. The number of halogens is 5. The van der Waals surface area contributed by atoms with Crippen LogP contribution in [-0.4, -0.2) is 22.3 Å². The number of pyridine rings is 1. The third-order valence-corrected chi connectivity index (χ3v) is 6.41. The van der Waals surface area contributed by atoms with E-state index in [-0.39, 0.29) is 8.89 Å². The zero-order chi connectivity index (χ0) is 22.8. The van der Waals surface area contributed by atoms with Gasteiger partial charge in [0.05, 0.1) is 33.3 Å². The largest absolute Gasteiger partial charge is 0.495 e. The van der Waals surface area contributed by atoms with Crippen LogP contribution < -0.4 is 4.74 Å². The van der Waals surface area contributed by atoms with Gasteiger partial charge in [0.1, 0.15) is 17.3 Å². The Morgan fingerprint density at radius 2 is 1.66 bits per heavy atom. The number of methoxy groups -OCH3 is 1. The lowest BCUT2D eigenvalue weighted by atomic mass is 9.93. The lowest BCUT2D eigenvalue weighted by molar-refractivity contribution is 0.413. The van der Waals surface area contributed by atoms with Crippen molar-refractivity contribution in [2.75, 3.05) is 7.11 Å². The number of ether oxygens (including phenoxy) is 1. The molecule has 4 nitrogen and oxygen atoms in total. The first kappa shape index (κ1) is 23.1. The van der Waals surface area contributed by atoms with Gasteiger partial charge in [-0.2, -0.15) is 0 Å². The fourth-order valence-electron chi connectivity index (χ4n) is 3.27. The first-order chi connectivity index (χ1) is 15.4. The molecule has 0 aliphatic carbocycles. The van der Waals surface area contributed by atoms with E-state index in [0.717, 1.165) is 11.1 Å². The quantitative estimate of drug-likeness (QED) is 0.218. The summed E-state index contributed by atoms with van der Waals surface area (Å²) in [4.78, 5) is 4.45. The van der Waals surface area contributed by atoms with E-state index in [0.29, 0.717) is 38.9 Å². The van der Waals surface area contributed by atoms with Crippen LogP contribution >= 0.6 is 55.1 Å². The molecule has 0 bridgehead atoms. The number of hydrogen-bond acceptors (Lipinski definition) is 4. The normalized spacial score (nSPS) is 11.1. The molecule has 162 valence electrons. The highest BCUT2D eigenvalue weighted by atomic mass is 79.9. The van der Waals surface area contributed by atoms with Crippen LogP contribution in [0.2, 0.25) is 10.2 Å². The van der Waals surface area contributed by atoms with E-state index < -0.39 is 5.82 Å². The van der Waals surface area contributed by atoms with Gasteiger partial charge in [-0.15, -0.1) is 10.2 Å². The van der Waals surface area contributed by atoms with Gasteiger partial charge in [-0.3, -0.25) is 4.98 Å². The molecular weight excluding hydrogens is 584 g/mol. The Kier molecular flexibility index (Phi) is 7.10. The second-order valence-electron chi connectivity index (χ2n) is 6.70. The molecule has 2 heterocycles. The highest BCUT2D eigenvalue weighted by Gasteiger charge is 2.24. The van der Waals surface area contributed by atoms with E-state index in [4.69, 9.17) is 27.9 Å². The third kappa shape index (κ3) is 4.53. The van der Waals surface area contributed by atoms with Crippen LogP contribution in [0.4, 0.5) is 4.39 Å². The van der Waals surface area contributed by atoms with Gasteiger partial charge in [-0.05, 0) is 23.3 Å². The minimum absolute atomic E-state index is 0.00795. The van der Waals surface area contributed by atoms with E-state index in [9.17, 15) is 4.39 Å². The number of hydrogen-bond donors (Lipinski definition) is 0. The standard InChI is InChI=1S/C23H14Br2Cl2FN3O/c1-32-14-10-16(26)21(29-11-14)19-18(12-6-8-13(9-7-12)22(24)25)20(30-31-23(19)27)15-4-2-3-5-17(15)28/h2-11,22H,1H3. The van der Waals surface area contributed by atoms with Crippen LogP contribution in [0.3, 0.4) is 0 Å². The topological polar surface area (TPSA) is 47.9 Å². The third-order valence-electron chi connectivity index (χ3n) is 4.80. The minimum Gasteiger partial charge on any atom is -0.495 e.